The number of aliphatic hydroxyl groups excluding tert-OH is 1. The van der Waals surface area contributed by atoms with Crippen molar-refractivity contribution in [2.24, 2.45) is 5.92 Å². The van der Waals surface area contributed by atoms with Crippen LogP contribution in [0.4, 0.5) is 0 Å². The highest BCUT2D eigenvalue weighted by Gasteiger charge is 2.37. The fraction of sp³-hybridized carbons (Fsp3) is 0.667. The van der Waals surface area contributed by atoms with Crippen molar-refractivity contribution in [3.8, 4) is 0 Å². The van der Waals surface area contributed by atoms with Crippen molar-refractivity contribution < 1.29 is 9.90 Å². The molecule has 0 radical (unpaired) electrons. The standard InChI is InChI=1S/C9H12O2/c1-5-8(11)4-6-2-3-7(10)9(5)6/h6-7,10H,2-4H2,1H3/t6-,7+/m1/s1. The molecule has 2 atom stereocenters. The predicted octanol–water partition coefficient (Wildman–Crippen LogP) is 1.05. The first-order valence-electron chi connectivity index (χ1n) is 4.12. The zero-order valence-corrected chi connectivity index (χ0v) is 6.63. The topological polar surface area (TPSA) is 37.3 Å². The van der Waals surface area contributed by atoms with Gasteiger partial charge in [-0.05, 0) is 36.8 Å². The maximum absolute atomic E-state index is 11.2. The summed E-state index contributed by atoms with van der Waals surface area (Å²) in [5.41, 5.74) is 1.87. The molecule has 0 amide bonds. The second-order valence-electron chi connectivity index (χ2n) is 3.50. The van der Waals surface area contributed by atoms with Crippen LogP contribution in [0.15, 0.2) is 11.1 Å². The molecule has 2 aliphatic rings. The van der Waals surface area contributed by atoms with Crippen molar-refractivity contribution in [1.29, 1.82) is 0 Å². The summed E-state index contributed by atoms with van der Waals surface area (Å²) >= 11 is 0. The van der Waals surface area contributed by atoms with E-state index in [1.165, 1.54) is 0 Å². The average Bonchev–Trinajstić information content (AvgIpc) is 2.41. The van der Waals surface area contributed by atoms with Crippen molar-refractivity contribution in [2.75, 3.05) is 0 Å². The Morgan fingerprint density at radius 1 is 1.45 bits per heavy atom. The Balaban J connectivity index is 2.40. The number of fused-ring (bicyclic) bond motifs is 1. The molecule has 0 unspecified atom stereocenters. The molecule has 0 spiro atoms. The minimum absolute atomic E-state index is 0.240. The van der Waals surface area contributed by atoms with E-state index in [1.54, 1.807) is 0 Å². The molecular weight excluding hydrogens is 140 g/mol. The van der Waals surface area contributed by atoms with Crippen LogP contribution in [0.3, 0.4) is 0 Å². The van der Waals surface area contributed by atoms with Gasteiger partial charge in [0.2, 0.25) is 0 Å². The van der Waals surface area contributed by atoms with Gasteiger partial charge in [-0.15, -0.1) is 0 Å². The first-order chi connectivity index (χ1) is 5.20. The number of carbonyl (C=O) groups excluding carboxylic acids is 1. The minimum Gasteiger partial charge on any atom is -0.389 e. The van der Waals surface area contributed by atoms with E-state index < -0.39 is 0 Å². The Hall–Kier alpha value is -0.630. The van der Waals surface area contributed by atoms with Gasteiger partial charge in [-0.25, -0.2) is 0 Å². The molecule has 1 saturated carbocycles. The van der Waals surface area contributed by atoms with Gasteiger partial charge in [0.15, 0.2) is 5.78 Å². The van der Waals surface area contributed by atoms with Crippen LogP contribution >= 0.6 is 0 Å². The van der Waals surface area contributed by atoms with E-state index in [0.717, 1.165) is 24.0 Å². The largest absolute Gasteiger partial charge is 0.389 e. The summed E-state index contributed by atoms with van der Waals surface area (Å²) in [6.45, 7) is 1.84. The zero-order valence-electron chi connectivity index (χ0n) is 6.63. The maximum Gasteiger partial charge on any atom is 0.159 e. The Labute approximate surface area is 65.9 Å². The molecule has 2 aliphatic carbocycles. The van der Waals surface area contributed by atoms with Gasteiger partial charge in [-0.2, -0.15) is 0 Å². The number of Topliss-reactive ketones (excluding diaryl/α,β-unsaturated/α-hetero) is 1. The SMILES string of the molecule is CC1=C2[C@H](CC[C@@H]2O)CC1=O. The Bertz CT molecular complexity index is 240. The van der Waals surface area contributed by atoms with E-state index >= 15 is 0 Å². The molecule has 1 fully saturated rings. The summed E-state index contributed by atoms with van der Waals surface area (Å²) in [7, 11) is 0. The quantitative estimate of drug-likeness (QED) is 0.563. The molecular formula is C9H12O2. The first-order valence-corrected chi connectivity index (χ1v) is 4.12. The van der Waals surface area contributed by atoms with Crippen molar-refractivity contribution in [3.05, 3.63) is 11.1 Å². The van der Waals surface area contributed by atoms with Gasteiger partial charge in [-0.1, -0.05) is 0 Å². The Morgan fingerprint density at radius 2 is 2.18 bits per heavy atom. The van der Waals surface area contributed by atoms with E-state index in [9.17, 15) is 9.90 Å². The lowest BCUT2D eigenvalue weighted by Crippen LogP contribution is -2.04. The molecule has 0 aromatic rings. The van der Waals surface area contributed by atoms with Gasteiger partial charge in [0.1, 0.15) is 0 Å². The molecule has 0 aliphatic heterocycles. The number of rotatable bonds is 0. The second-order valence-corrected chi connectivity index (χ2v) is 3.50. The normalized spacial score (nSPS) is 36.7. The van der Waals surface area contributed by atoms with Gasteiger partial charge >= 0.3 is 0 Å². The predicted molar refractivity (Wildman–Crippen MR) is 41.1 cm³/mol. The van der Waals surface area contributed by atoms with Crippen LogP contribution in [-0.4, -0.2) is 17.0 Å². The van der Waals surface area contributed by atoms with Crippen LogP contribution in [0.2, 0.25) is 0 Å². The third kappa shape index (κ3) is 0.857. The number of aliphatic hydroxyl groups is 1. The third-order valence-electron chi connectivity index (χ3n) is 2.87. The van der Waals surface area contributed by atoms with Crippen LogP contribution in [0.5, 0.6) is 0 Å². The Kier molecular flexibility index (Phi) is 1.39. The fourth-order valence-electron chi connectivity index (χ4n) is 2.25. The second kappa shape index (κ2) is 2.18. The number of carbonyl (C=O) groups is 1. The molecule has 2 rings (SSSR count). The summed E-state index contributed by atoms with van der Waals surface area (Å²) in [6.07, 6.45) is 2.19. The van der Waals surface area contributed by atoms with Gasteiger partial charge in [0.25, 0.3) is 0 Å². The Morgan fingerprint density at radius 3 is 2.82 bits per heavy atom. The van der Waals surface area contributed by atoms with Crippen LogP contribution in [0.25, 0.3) is 0 Å². The van der Waals surface area contributed by atoms with Crippen molar-refractivity contribution in [2.45, 2.75) is 32.3 Å². The lowest BCUT2D eigenvalue weighted by molar-refractivity contribution is -0.115. The van der Waals surface area contributed by atoms with Crippen LogP contribution in [0, 0.1) is 5.92 Å². The van der Waals surface area contributed by atoms with E-state index in [1.807, 2.05) is 6.92 Å². The maximum atomic E-state index is 11.2. The molecule has 0 heterocycles. The van der Waals surface area contributed by atoms with E-state index in [2.05, 4.69) is 0 Å². The molecule has 1 N–H and O–H groups in total. The molecule has 0 aromatic heterocycles. The zero-order chi connectivity index (χ0) is 8.01. The van der Waals surface area contributed by atoms with Gasteiger partial charge in [0.05, 0.1) is 6.10 Å². The molecule has 11 heavy (non-hydrogen) atoms. The highest BCUT2D eigenvalue weighted by Crippen LogP contribution is 2.41. The summed E-state index contributed by atoms with van der Waals surface area (Å²) < 4.78 is 0. The fourth-order valence-corrected chi connectivity index (χ4v) is 2.25. The molecule has 0 bridgehead atoms. The van der Waals surface area contributed by atoms with Crippen LogP contribution in [-0.2, 0) is 4.79 Å². The van der Waals surface area contributed by atoms with Gasteiger partial charge in [-0.3, -0.25) is 4.79 Å². The number of hydrogen-bond donors (Lipinski definition) is 1. The minimum atomic E-state index is -0.313. The first kappa shape index (κ1) is 7.04. The van der Waals surface area contributed by atoms with E-state index in [0.29, 0.717) is 12.3 Å². The number of ketones is 1. The molecule has 2 nitrogen and oxygen atoms in total. The summed E-state index contributed by atoms with van der Waals surface area (Å²) in [5.74, 6) is 0.626. The third-order valence-corrected chi connectivity index (χ3v) is 2.87. The van der Waals surface area contributed by atoms with Crippen LogP contribution in [0.1, 0.15) is 26.2 Å². The molecule has 0 saturated heterocycles. The van der Waals surface area contributed by atoms with Crippen molar-refractivity contribution in [1.82, 2.24) is 0 Å². The highest BCUT2D eigenvalue weighted by molar-refractivity contribution is 5.99. The van der Waals surface area contributed by atoms with Gasteiger partial charge < -0.3 is 5.11 Å². The summed E-state index contributed by atoms with van der Waals surface area (Å²) in [4.78, 5) is 11.2. The molecule has 0 aromatic carbocycles. The molecule has 60 valence electrons. The summed E-state index contributed by atoms with van der Waals surface area (Å²) in [5, 5.41) is 9.48. The lowest BCUT2D eigenvalue weighted by atomic mass is 10.0. The van der Waals surface area contributed by atoms with Gasteiger partial charge in [0, 0.05) is 6.42 Å². The molecule has 2 heteroatoms. The smallest absolute Gasteiger partial charge is 0.159 e. The van der Waals surface area contributed by atoms with E-state index in [-0.39, 0.29) is 11.9 Å². The number of allylic oxidation sites excluding steroid dienone is 1. The average molecular weight is 152 g/mol. The summed E-state index contributed by atoms with van der Waals surface area (Å²) in [6, 6.07) is 0. The number of hydrogen-bond acceptors (Lipinski definition) is 2. The van der Waals surface area contributed by atoms with Crippen LogP contribution < -0.4 is 0 Å². The van der Waals surface area contributed by atoms with E-state index in [4.69, 9.17) is 0 Å². The monoisotopic (exact) mass is 152 g/mol. The lowest BCUT2D eigenvalue weighted by Gasteiger charge is -2.04. The van der Waals surface area contributed by atoms with Crippen molar-refractivity contribution >= 4 is 5.78 Å². The van der Waals surface area contributed by atoms with Crippen molar-refractivity contribution in [3.63, 3.8) is 0 Å². The highest BCUT2D eigenvalue weighted by atomic mass is 16.3.